The van der Waals surface area contributed by atoms with Crippen molar-refractivity contribution in [1.29, 1.82) is 0 Å². The minimum absolute atomic E-state index is 0.195. The van der Waals surface area contributed by atoms with Crippen molar-refractivity contribution in [1.82, 2.24) is 19.3 Å². The number of fused-ring (bicyclic) bond motifs is 1. The van der Waals surface area contributed by atoms with Gasteiger partial charge in [-0.05, 0) is 6.92 Å². The van der Waals surface area contributed by atoms with Gasteiger partial charge in [-0.25, -0.2) is 9.78 Å². The van der Waals surface area contributed by atoms with E-state index in [1.165, 1.54) is 0 Å². The Labute approximate surface area is 115 Å². The van der Waals surface area contributed by atoms with Crippen molar-refractivity contribution in [2.75, 3.05) is 12.5 Å². The summed E-state index contributed by atoms with van der Waals surface area (Å²) >= 11 is 5.79. The van der Waals surface area contributed by atoms with Gasteiger partial charge in [-0.15, -0.1) is 11.6 Å². The average Bonchev–Trinajstić information content (AvgIpc) is 2.80. The van der Waals surface area contributed by atoms with Gasteiger partial charge in [0.05, 0.1) is 12.2 Å². The van der Waals surface area contributed by atoms with Crippen LogP contribution in [0, 0.1) is 6.92 Å². The van der Waals surface area contributed by atoms with E-state index < -0.39 is 6.09 Å². The maximum atomic E-state index is 10.6. The number of alkyl halides is 1. The van der Waals surface area contributed by atoms with E-state index in [1.807, 2.05) is 18.5 Å². The monoisotopic (exact) mass is 285 g/mol. The van der Waals surface area contributed by atoms with Crippen molar-refractivity contribution < 1.29 is 9.53 Å². The van der Waals surface area contributed by atoms with Crippen molar-refractivity contribution in [2.45, 2.75) is 19.9 Å². The summed E-state index contributed by atoms with van der Waals surface area (Å²) < 4.78 is 8.49. The highest BCUT2D eigenvalue weighted by molar-refractivity contribution is 6.17. The second-order valence-electron chi connectivity index (χ2n) is 4.17. The molecule has 8 heteroatoms. The van der Waals surface area contributed by atoms with E-state index in [1.54, 1.807) is 4.68 Å². The lowest BCUT2D eigenvalue weighted by molar-refractivity contribution is 0.152. The number of hydrogen-bond donors (Lipinski definition) is 1. The molecule has 2 aromatic heterocycles. The van der Waals surface area contributed by atoms with Crippen molar-refractivity contribution in [2.24, 2.45) is 12.8 Å². The van der Waals surface area contributed by atoms with Gasteiger partial charge in [0.25, 0.3) is 0 Å². The van der Waals surface area contributed by atoms with Crippen molar-refractivity contribution in [3.63, 3.8) is 0 Å². The van der Waals surface area contributed by atoms with Gasteiger partial charge in [-0.1, -0.05) is 0 Å². The summed E-state index contributed by atoms with van der Waals surface area (Å²) in [5.74, 6) is 1.33. The first-order chi connectivity index (χ1) is 9.04. The molecule has 7 nitrogen and oxygen atoms in total. The van der Waals surface area contributed by atoms with Crippen LogP contribution in [-0.2, 0) is 24.8 Å². The van der Waals surface area contributed by atoms with Crippen LogP contribution in [0.4, 0.5) is 4.79 Å². The van der Waals surface area contributed by atoms with Crippen LogP contribution in [0.1, 0.15) is 11.5 Å². The highest BCUT2D eigenvalue weighted by Crippen LogP contribution is 2.19. The standard InChI is InChI=1S/C11H16ClN5O2/c1-7-9-10(16(2)15-7)17(5-6-19-11(13)18)8(14-9)3-4-12/h3-6H2,1-2H3,(H2,13,18). The summed E-state index contributed by atoms with van der Waals surface area (Å²) in [5.41, 5.74) is 7.56. The molecule has 2 rings (SSSR count). The molecule has 0 saturated carbocycles. The van der Waals surface area contributed by atoms with Crippen LogP contribution < -0.4 is 5.73 Å². The lowest BCUT2D eigenvalue weighted by atomic mass is 10.4. The molecule has 0 aromatic carbocycles. The summed E-state index contributed by atoms with van der Waals surface area (Å²) in [6.45, 7) is 2.58. The predicted octanol–water partition coefficient (Wildman–Crippen LogP) is 0.955. The minimum Gasteiger partial charge on any atom is -0.448 e. The number of amides is 1. The molecular weight excluding hydrogens is 270 g/mol. The number of halogens is 1. The largest absolute Gasteiger partial charge is 0.448 e. The fourth-order valence-corrected chi connectivity index (χ4v) is 2.30. The topological polar surface area (TPSA) is 88.0 Å². The molecule has 0 saturated heterocycles. The van der Waals surface area contributed by atoms with E-state index >= 15 is 0 Å². The molecule has 0 aliphatic heterocycles. The van der Waals surface area contributed by atoms with Crippen molar-refractivity contribution >= 4 is 28.9 Å². The quantitative estimate of drug-likeness (QED) is 0.829. The first-order valence-corrected chi connectivity index (χ1v) is 6.45. The number of aromatic nitrogens is 4. The van der Waals surface area contributed by atoms with Crippen LogP contribution >= 0.6 is 11.6 Å². The Morgan fingerprint density at radius 1 is 1.53 bits per heavy atom. The number of nitrogens with zero attached hydrogens (tertiary/aromatic N) is 4. The third-order valence-electron chi connectivity index (χ3n) is 2.85. The fourth-order valence-electron chi connectivity index (χ4n) is 2.13. The Bertz CT molecular complexity index is 604. The molecule has 0 bridgehead atoms. The van der Waals surface area contributed by atoms with E-state index in [2.05, 4.69) is 10.1 Å². The number of rotatable bonds is 5. The van der Waals surface area contributed by atoms with E-state index in [0.717, 1.165) is 22.7 Å². The number of carbonyl (C=O) groups is 1. The van der Waals surface area contributed by atoms with Crippen LogP contribution in [0.15, 0.2) is 0 Å². The number of hydrogen-bond acceptors (Lipinski definition) is 4. The molecule has 104 valence electrons. The SMILES string of the molecule is Cc1nn(C)c2c1nc(CCCl)n2CCOC(N)=O. The van der Waals surface area contributed by atoms with Crippen LogP contribution in [-0.4, -0.2) is 37.9 Å². The third-order valence-corrected chi connectivity index (χ3v) is 3.04. The molecule has 1 amide bonds. The molecule has 0 atom stereocenters. The maximum absolute atomic E-state index is 10.6. The summed E-state index contributed by atoms with van der Waals surface area (Å²) in [7, 11) is 1.85. The Morgan fingerprint density at radius 3 is 2.89 bits per heavy atom. The second kappa shape index (κ2) is 5.48. The highest BCUT2D eigenvalue weighted by atomic mass is 35.5. The van der Waals surface area contributed by atoms with Gasteiger partial charge in [0.1, 0.15) is 17.9 Å². The number of ether oxygens (including phenoxy) is 1. The van der Waals surface area contributed by atoms with Gasteiger partial charge < -0.3 is 15.0 Å². The van der Waals surface area contributed by atoms with Gasteiger partial charge in [-0.3, -0.25) is 4.68 Å². The second-order valence-corrected chi connectivity index (χ2v) is 4.55. The number of primary amides is 1. The summed E-state index contributed by atoms with van der Waals surface area (Å²) in [6, 6.07) is 0. The predicted molar refractivity (Wildman–Crippen MR) is 71.2 cm³/mol. The molecule has 0 unspecified atom stereocenters. The molecule has 0 aliphatic rings. The van der Waals surface area contributed by atoms with E-state index in [0.29, 0.717) is 18.8 Å². The van der Waals surface area contributed by atoms with E-state index in [-0.39, 0.29) is 6.61 Å². The summed E-state index contributed by atoms with van der Waals surface area (Å²) in [6.07, 6.45) is -0.136. The Kier molecular flexibility index (Phi) is 3.94. The Balaban J connectivity index is 2.36. The van der Waals surface area contributed by atoms with E-state index in [9.17, 15) is 4.79 Å². The minimum atomic E-state index is -0.781. The molecular formula is C11H16ClN5O2. The zero-order valence-electron chi connectivity index (χ0n) is 10.9. The van der Waals surface area contributed by atoms with Gasteiger partial charge in [0, 0.05) is 19.3 Å². The molecule has 2 heterocycles. The fraction of sp³-hybridized carbons (Fsp3) is 0.545. The first-order valence-electron chi connectivity index (χ1n) is 5.91. The summed E-state index contributed by atoms with van der Waals surface area (Å²) in [5, 5.41) is 4.32. The zero-order chi connectivity index (χ0) is 14.0. The van der Waals surface area contributed by atoms with Crippen LogP contribution in [0.2, 0.25) is 0 Å². The number of imidazole rings is 1. The molecule has 19 heavy (non-hydrogen) atoms. The molecule has 0 fully saturated rings. The number of nitrogens with two attached hydrogens (primary N) is 1. The van der Waals surface area contributed by atoms with Crippen molar-refractivity contribution in [3.8, 4) is 0 Å². The highest BCUT2D eigenvalue weighted by Gasteiger charge is 2.16. The molecule has 2 aromatic rings. The molecule has 0 aliphatic carbocycles. The molecule has 0 spiro atoms. The van der Waals surface area contributed by atoms with Gasteiger partial charge >= 0.3 is 6.09 Å². The summed E-state index contributed by atoms with van der Waals surface area (Å²) in [4.78, 5) is 15.2. The molecule has 0 radical (unpaired) electrons. The first kappa shape index (κ1) is 13.7. The smallest absolute Gasteiger partial charge is 0.404 e. The van der Waals surface area contributed by atoms with Crippen molar-refractivity contribution in [3.05, 3.63) is 11.5 Å². The van der Waals surface area contributed by atoms with Gasteiger partial charge in [-0.2, -0.15) is 5.10 Å². The van der Waals surface area contributed by atoms with Crippen LogP contribution in [0.5, 0.6) is 0 Å². The number of aryl methyl sites for hydroxylation is 3. The van der Waals surface area contributed by atoms with Crippen LogP contribution in [0.25, 0.3) is 11.2 Å². The maximum Gasteiger partial charge on any atom is 0.404 e. The van der Waals surface area contributed by atoms with Crippen LogP contribution in [0.3, 0.4) is 0 Å². The van der Waals surface area contributed by atoms with E-state index in [4.69, 9.17) is 22.1 Å². The lowest BCUT2D eigenvalue weighted by Gasteiger charge is -2.08. The Morgan fingerprint density at radius 2 is 2.26 bits per heavy atom. The molecule has 2 N–H and O–H groups in total. The lowest BCUT2D eigenvalue weighted by Crippen LogP contribution is -2.18. The van der Waals surface area contributed by atoms with Gasteiger partial charge in [0.2, 0.25) is 0 Å². The average molecular weight is 286 g/mol. The number of carbonyl (C=O) groups excluding carboxylic acids is 1. The normalized spacial score (nSPS) is 11.1. The zero-order valence-corrected chi connectivity index (χ0v) is 11.6. The Hall–Kier alpha value is -1.76. The third kappa shape index (κ3) is 2.65. The van der Waals surface area contributed by atoms with Gasteiger partial charge in [0.15, 0.2) is 5.65 Å².